The van der Waals surface area contributed by atoms with Crippen molar-refractivity contribution in [2.75, 3.05) is 0 Å². The number of hydrogen-bond donors (Lipinski definition) is 1. The lowest BCUT2D eigenvalue weighted by atomic mass is 10.3. The second-order valence-corrected chi connectivity index (χ2v) is 3.36. The first-order valence-electron chi connectivity index (χ1n) is 3.60. The van der Waals surface area contributed by atoms with Gasteiger partial charge in [-0.1, -0.05) is 0 Å². The average Bonchev–Trinajstić information content (AvgIpc) is 2.48. The molecule has 66 valence electrons. The Morgan fingerprint density at radius 1 is 1.62 bits per heavy atom. The zero-order valence-electron chi connectivity index (χ0n) is 6.60. The number of carbonyl (C=O) groups excluding carboxylic acids is 1. The second-order valence-electron chi connectivity index (χ2n) is 2.51. The van der Waals surface area contributed by atoms with Crippen LogP contribution in [0.2, 0.25) is 0 Å². The van der Waals surface area contributed by atoms with E-state index in [4.69, 9.17) is 5.73 Å². The van der Waals surface area contributed by atoms with E-state index < -0.39 is 0 Å². The largest absolute Gasteiger partial charge is 0.369 e. The summed E-state index contributed by atoms with van der Waals surface area (Å²) in [4.78, 5) is 19.3. The van der Waals surface area contributed by atoms with Crippen LogP contribution >= 0.6 is 11.5 Å². The van der Waals surface area contributed by atoms with Crippen LogP contribution in [0.4, 0.5) is 0 Å². The Morgan fingerprint density at radius 2 is 2.46 bits per heavy atom. The zero-order chi connectivity index (χ0) is 9.26. The number of primary amides is 1. The van der Waals surface area contributed by atoms with Crippen LogP contribution in [0.1, 0.15) is 4.88 Å². The molecule has 2 N–H and O–H groups in total. The van der Waals surface area contributed by atoms with Crippen molar-refractivity contribution in [2.24, 2.45) is 5.73 Å². The molecule has 13 heavy (non-hydrogen) atoms. The quantitative estimate of drug-likeness (QED) is 0.735. The molecule has 6 heteroatoms. The van der Waals surface area contributed by atoms with Gasteiger partial charge in [-0.2, -0.15) is 4.37 Å². The van der Waals surface area contributed by atoms with Crippen LogP contribution in [-0.2, 0) is 11.2 Å². The minimum absolute atomic E-state index is 0.193. The van der Waals surface area contributed by atoms with Gasteiger partial charge in [0.25, 0.3) is 0 Å². The van der Waals surface area contributed by atoms with Crippen LogP contribution in [-0.4, -0.2) is 20.2 Å². The minimum atomic E-state index is -0.371. The number of nitrogens with two attached hydrogens (primary N) is 1. The predicted molar refractivity (Wildman–Crippen MR) is 48.1 cm³/mol. The summed E-state index contributed by atoms with van der Waals surface area (Å²) in [5, 5.41) is 0. The molecule has 1 amide bonds. The summed E-state index contributed by atoms with van der Waals surface area (Å²) >= 11 is 1.24. The Balaban J connectivity index is 2.51. The molecule has 2 aromatic rings. The Morgan fingerprint density at radius 3 is 3.23 bits per heavy atom. The Bertz CT molecular complexity index is 452. The van der Waals surface area contributed by atoms with E-state index in [2.05, 4.69) is 14.3 Å². The maximum atomic E-state index is 10.7. The molecule has 0 bridgehead atoms. The first-order chi connectivity index (χ1) is 6.27. The SMILES string of the molecule is NC(=O)Cc1snc2cncnc12. The molecule has 0 aliphatic carbocycles. The Kier molecular flexibility index (Phi) is 1.90. The first kappa shape index (κ1) is 8.06. The van der Waals surface area contributed by atoms with E-state index >= 15 is 0 Å². The highest BCUT2D eigenvalue weighted by atomic mass is 32.1. The molecule has 0 radical (unpaired) electrons. The first-order valence-corrected chi connectivity index (χ1v) is 4.37. The maximum Gasteiger partial charge on any atom is 0.222 e. The molecule has 2 aromatic heterocycles. The van der Waals surface area contributed by atoms with Gasteiger partial charge in [0.15, 0.2) is 0 Å². The highest BCUT2D eigenvalue weighted by Gasteiger charge is 2.08. The van der Waals surface area contributed by atoms with Crippen LogP contribution in [0.25, 0.3) is 11.0 Å². The van der Waals surface area contributed by atoms with Crippen molar-refractivity contribution in [3.05, 3.63) is 17.4 Å². The van der Waals surface area contributed by atoms with Crippen molar-refractivity contribution in [3.63, 3.8) is 0 Å². The van der Waals surface area contributed by atoms with E-state index in [0.29, 0.717) is 5.52 Å². The third kappa shape index (κ3) is 1.48. The zero-order valence-corrected chi connectivity index (χ0v) is 7.41. The predicted octanol–water partition coefficient (Wildman–Crippen LogP) is 0.114. The summed E-state index contributed by atoms with van der Waals surface area (Å²) < 4.78 is 4.08. The third-order valence-corrected chi connectivity index (χ3v) is 2.39. The van der Waals surface area contributed by atoms with Gasteiger partial charge in [0, 0.05) is 0 Å². The van der Waals surface area contributed by atoms with Crippen LogP contribution < -0.4 is 5.73 Å². The molecule has 2 heterocycles. The van der Waals surface area contributed by atoms with Gasteiger partial charge in [-0.3, -0.25) is 4.79 Å². The molecule has 5 nitrogen and oxygen atoms in total. The molecular formula is C7H6N4OS. The third-order valence-electron chi connectivity index (χ3n) is 1.55. The van der Waals surface area contributed by atoms with Gasteiger partial charge in [0.1, 0.15) is 17.4 Å². The van der Waals surface area contributed by atoms with E-state index in [1.54, 1.807) is 6.20 Å². The van der Waals surface area contributed by atoms with Crippen molar-refractivity contribution in [2.45, 2.75) is 6.42 Å². The van der Waals surface area contributed by atoms with Crippen molar-refractivity contribution in [1.82, 2.24) is 14.3 Å². The molecule has 0 aliphatic heterocycles. The molecule has 0 fully saturated rings. The normalized spacial score (nSPS) is 10.5. The standard InChI is InChI=1S/C7H6N4OS/c8-6(12)1-5-7-4(11-13-5)2-9-3-10-7/h2-3H,1H2,(H2,8,12). The van der Waals surface area contributed by atoms with Gasteiger partial charge in [-0.05, 0) is 11.5 Å². The fourth-order valence-electron chi connectivity index (χ4n) is 1.03. The summed E-state index contributed by atoms with van der Waals surface area (Å²) in [7, 11) is 0. The lowest BCUT2D eigenvalue weighted by Crippen LogP contribution is -2.12. The second kappa shape index (κ2) is 3.06. The number of carbonyl (C=O) groups is 1. The molecule has 0 saturated carbocycles. The van der Waals surface area contributed by atoms with Crippen molar-refractivity contribution in [3.8, 4) is 0 Å². The lowest BCUT2D eigenvalue weighted by Gasteiger charge is -1.90. The van der Waals surface area contributed by atoms with E-state index in [1.807, 2.05) is 0 Å². The Hall–Kier alpha value is -1.56. The molecule has 0 atom stereocenters. The number of aromatic nitrogens is 3. The monoisotopic (exact) mass is 194 g/mol. The number of amides is 1. The van der Waals surface area contributed by atoms with E-state index in [1.165, 1.54) is 17.9 Å². The fourth-order valence-corrected chi connectivity index (χ4v) is 1.82. The van der Waals surface area contributed by atoms with Gasteiger partial charge in [-0.15, -0.1) is 0 Å². The van der Waals surface area contributed by atoms with Crippen molar-refractivity contribution < 1.29 is 4.79 Å². The van der Waals surface area contributed by atoms with Crippen molar-refractivity contribution in [1.29, 1.82) is 0 Å². The van der Waals surface area contributed by atoms with Gasteiger partial charge >= 0.3 is 0 Å². The van der Waals surface area contributed by atoms with Crippen molar-refractivity contribution >= 4 is 28.5 Å². The molecule has 0 aliphatic rings. The van der Waals surface area contributed by atoms with Crippen LogP contribution in [0.3, 0.4) is 0 Å². The topological polar surface area (TPSA) is 81.8 Å². The lowest BCUT2D eigenvalue weighted by molar-refractivity contribution is -0.117. The summed E-state index contributed by atoms with van der Waals surface area (Å²) in [6.45, 7) is 0. The van der Waals surface area contributed by atoms with Crippen LogP contribution in [0.15, 0.2) is 12.5 Å². The molecule has 0 aromatic carbocycles. The van der Waals surface area contributed by atoms with E-state index in [-0.39, 0.29) is 12.3 Å². The highest BCUT2D eigenvalue weighted by molar-refractivity contribution is 7.07. The Labute approximate surface area is 77.8 Å². The smallest absolute Gasteiger partial charge is 0.222 e. The van der Waals surface area contributed by atoms with Gasteiger partial charge in [0.05, 0.1) is 17.5 Å². The average molecular weight is 194 g/mol. The van der Waals surface area contributed by atoms with Gasteiger partial charge in [-0.25, -0.2) is 9.97 Å². The fraction of sp³-hybridized carbons (Fsp3) is 0.143. The number of rotatable bonds is 2. The number of fused-ring (bicyclic) bond motifs is 1. The van der Waals surface area contributed by atoms with Gasteiger partial charge < -0.3 is 5.73 Å². The van der Waals surface area contributed by atoms with E-state index in [9.17, 15) is 4.79 Å². The van der Waals surface area contributed by atoms with Crippen LogP contribution in [0, 0.1) is 0 Å². The highest BCUT2D eigenvalue weighted by Crippen LogP contribution is 2.18. The number of nitrogens with zero attached hydrogens (tertiary/aromatic N) is 3. The minimum Gasteiger partial charge on any atom is -0.369 e. The molecule has 0 unspecified atom stereocenters. The molecule has 0 spiro atoms. The van der Waals surface area contributed by atoms with Gasteiger partial charge in [0.2, 0.25) is 5.91 Å². The van der Waals surface area contributed by atoms with Crippen LogP contribution in [0.5, 0.6) is 0 Å². The molecular weight excluding hydrogens is 188 g/mol. The van der Waals surface area contributed by atoms with E-state index in [0.717, 1.165) is 10.4 Å². The summed E-state index contributed by atoms with van der Waals surface area (Å²) in [6.07, 6.45) is 3.24. The summed E-state index contributed by atoms with van der Waals surface area (Å²) in [6, 6.07) is 0. The molecule has 2 rings (SSSR count). The summed E-state index contributed by atoms with van der Waals surface area (Å²) in [5.74, 6) is -0.371. The summed E-state index contributed by atoms with van der Waals surface area (Å²) in [5.41, 5.74) is 6.50. The number of hydrogen-bond acceptors (Lipinski definition) is 5. The molecule has 0 saturated heterocycles. The maximum absolute atomic E-state index is 10.7.